The van der Waals surface area contributed by atoms with E-state index < -0.39 is 74.5 Å². The molecule has 39 heavy (non-hydrogen) atoms. The molecule has 0 saturated carbocycles. The van der Waals surface area contributed by atoms with Crippen molar-refractivity contribution in [3.63, 3.8) is 0 Å². The fraction of sp³-hybridized carbons (Fsp3) is 0.385. The van der Waals surface area contributed by atoms with Gasteiger partial charge in [0.2, 0.25) is 11.7 Å². The van der Waals surface area contributed by atoms with Crippen molar-refractivity contribution in [2.45, 2.75) is 35.7 Å². The van der Waals surface area contributed by atoms with Crippen molar-refractivity contribution in [3.8, 4) is 5.75 Å². The van der Waals surface area contributed by atoms with Crippen LogP contribution in [0.4, 0.5) is 5.69 Å². The molecule has 3 aliphatic carbocycles. The number of nitrogens with zero attached hydrogens (tertiary/aromatic N) is 1. The molecular formula is C26H27BrClN3O8. The molecular weight excluding hydrogens is 598 g/mol. The molecule has 0 aliphatic heterocycles. The number of hydrogen-bond donors (Lipinski definition) is 6. The molecule has 0 radical (unpaired) electrons. The summed E-state index contributed by atoms with van der Waals surface area (Å²) >= 11 is 9.56. The van der Waals surface area contributed by atoms with Gasteiger partial charge in [0.25, 0.3) is 5.91 Å². The van der Waals surface area contributed by atoms with Crippen LogP contribution in [0.1, 0.15) is 28.8 Å². The first kappa shape index (κ1) is 28.8. The Hall–Kier alpha value is -3.19. The van der Waals surface area contributed by atoms with Crippen molar-refractivity contribution in [3.05, 3.63) is 57.5 Å². The maximum absolute atomic E-state index is 13.7. The number of phenolic OH excluding ortho intramolecular Hbond substituents is 1. The Kier molecular flexibility index (Phi) is 7.45. The van der Waals surface area contributed by atoms with Crippen LogP contribution in [-0.4, -0.2) is 79.3 Å². The van der Waals surface area contributed by atoms with Gasteiger partial charge in [0.1, 0.15) is 22.8 Å². The van der Waals surface area contributed by atoms with Gasteiger partial charge in [-0.3, -0.25) is 24.1 Å². The number of benzene rings is 1. The van der Waals surface area contributed by atoms with Crippen LogP contribution < -0.4 is 11.1 Å². The van der Waals surface area contributed by atoms with Crippen molar-refractivity contribution < 1.29 is 39.6 Å². The molecule has 0 saturated heterocycles. The number of nitrogens with one attached hydrogen (secondary N) is 1. The van der Waals surface area contributed by atoms with E-state index in [1.165, 1.54) is 17.0 Å². The van der Waals surface area contributed by atoms with E-state index in [-0.39, 0.29) is 41.1 Å². The molecule has 0 spiro atoms. The average molecular weight is 625 g/mol. The van der Waals surface area contributed by atoms with Gasteiger partial charge in [0, 0.05) is 11.5 Å². The third-order valence-corrected chi connectivity index (χ3v) is 8.66. The fourth-order valence-corrected chi connectivity index (χ4v) is 6.49. The first-order valence-corrected chi connectivity index (χ1v) is 13.2. The largest absolute Gasteiger partial charge is 0.510 e. The number of nitrogens with two attached hydrogens (primary N) is 1. The quantitative estimate of drug-likeness (QED) is 0.119. The topological polar surface area (TPSA) is 190 Å². The Labute approximate surface area is 236 Å². The Morgan fingerprint density at radius 1 is 1.33 bits per heavy atom. The lowest BCUT2D eigenvalue weighted by atomic mass is 9.58. The molecule has 0 fully saturated rings. The number of fused-ring (bicyclic) bond motifs is 3. The summed E-state index contributed by atoms with van der Waals surface area (Å²) < 4.78 is 0. The smallest absolute Gasteiger partial charge is 0.255 e. The second-order valence-electron chi connectivity index (χ2n) is 10.1. The van der Waals surface area contributed by atoms with Crippen LogP contribution in [0.5, 0.6) is 5.75 Å². The number of allylic oxidation sites excluding steroid dienone is 2. The predicted octanol–water partition coefficient (Wildman–Crippen LogP) is 2.05. The van der Waals surface area contributed by atoms with Crippen LogP contribution in [0.2, 0.25) is 5.02 Å². The summed E-state index contributed by atoms with van der Waals surface area (Å²) in [7, 11) is 3.10. The Bertz CT molecular complexity index is 1400. The third-order valence-electron chi connectivity index (χ3n) is 7.57. The number of alkyl halides is 1. The molecule has 7 N–H and O–H groups in total. The highest BCUT2D eigenvalue weighted by atomic mass is 79.9. The van der Waals surface area contributed by atoms with Gasteiger partial charge in [-0.15, -0.1) is 6.58 Å². The molecule has 208 valence electrons. The fourth-order valence-electron chi connectivity index (χ4n) is 5.84. The predicted molar refractivity (Wildman–Crippen MR) is 145 cm³/mol. The van der Waals surface area contributed by atoms with E-state index in [2.05, 4.69) is 27.8 Å². The molecule has 0 bridgehead atoms. The van der Waals surface area contributed by atoms with Gasteiger partial charge in [-0.05, 0) is 50.9 Å². The highest BCUT2D eigenvalue weighted by Gasteiger charge is 2.63. The number of carbonyl (C=O) groups excluding carboxylic acids is 4. The van der Waals surface area contributed by atoms with E-state index in [0.717, 1.165) is 0 Å². The van der Waals surface area contributed by atoms with Gasteiger partial charge >= 0.3 is 0 Å². The van der Waals surface area contributed by atoms with Crippen LogP contribution in [0.15, 0.2) is 41.4 Å². The highest BCUT2D eigenvalue weighted by molar-refractivity contribution is 9.10. The van der Waals surface area contributed by atoms with Crippen molar-refractivity contribution in [2.75, 3.05) is 19.4 Å². The van der Waals surface area contributed by atoms with E-state index in [4.69, 9.17) is 17.3 Å². The molecule has 1 aromatic carbocycles. The summed E-state index contributed by atoms with van der Waals surface area (Å²) in [6, 6.07) is 0.339. The summed E-state index contributed by atoms with van der Waals surface area (Å²) in [5.41, 5.74) is 1.24. The van der Waals surface area contributed by atoms with Crippen LogP contribution in [-0.2, 0) is 20.8 Å². The molecule has 13 heteroatoms. The summed E-state index contributed by atoms with van der Waals surface area (Å²) in [6.07, 6.45) is 1.82. The summed E-state index contributed by atoms with van der Waals surface area (Å²) in [5.74, 6) is -8.19. The minimum Gasteiger partial charge on any atom is -0.510 e. The number of aliphatic hydroxyl groups excluding tert-OH is 2. The molecule has 4 unspecified atom stereocenters. The van der Waals surface area contributed by atoms with E-state index in [1.807, 2.05) is 0 Å². The molecule has 4 rings (SSSR count). The zero-order chi connectivity index (χ0) is 29.1. The van der Waals surface area contributed by atoms with Gasteiger partial charge in [-0.25, -0.2) is 0 Å². The zero-order valence-corrected chi connectivity index (χ0v) is 23.3. The number of rotatable bonds is 6. The van der Waals surface area contributed by atoms with Crippen molar-refractivity contribution in [2.24, 2.45) is 17.6 Å². The maximum atomic E-state index is 13.7. The van der Waals surface area contributed by atoms with E-state index >= 15 is 0 Å². The van der Waals surface area contributed by atoms with Gasteiger partial charge < -0.3 is 31.5 Å². The summed E-state index contributed by atoms with van der Waals surface area (Å²) in [5, 5.41) is 47.2. The number of aliphatic hydroxyl groups is 3. The molecule has 0 aromatic heterocycles. The van der Waals surface area contributed by atoms with Crippen LogP contribution in [0.25, 0.3) is 0 Å². The highest BCUT2D eigenvalue weighted by Crippen LogP contribution is 2.53. The second kappa shape index (κ2) is 10.1. The Morgan fingerprint density at radius 3 is 2.54 bits per heavy atom. The van der Waals surface area contributed by atoms with Gasteiger partial charge in [0.15, 0.2) is 17.1 Å². The van der Waals surface area contributed by atoms with Crippen LogP contribution in [0.3, 0.4) is 0 Å². The number of Topliss-reactive ketones (excluding diaryl/α,β-unsaturated/α-hetero) is 2. The number of aromatic hydroxyl groups is 1. The average Bonchev–Trinajstić information content (AvgIpc) is 2.83. The minimum atomic E-state index is -2.74. The third kappa shape index (κ3) is 4.26. The molecule has 2 amide bonds. The minimum absolute atomic E-state index is 0.0274. The second-order valence-corrected chi connectivity index (χ2v) is 11.6. The van der Waals surface area contributed by atoms with Gasteiger partial charge in [-0.1, -0.05) is 33.6 Å². The first-order valence-electron chi connectivity index (χ1n) is 11.9. The normalized spacial score (nSPS) is 27.1. The van der Waals surface area contributed by atoms with E-state index in [0.29, 0.717) is 5.56 Å². The number of hydrogen-bond acceptors (Lipinski definition) is 9. The van der Waals surface area contributed by atoms with Crippen molar-refractivity contribution in [1.82, 2.24) is 4.90 Å². The number of primary amides is 1. The SMILES string of the molecule is C=CCC(Br)C(=O)Nc1c(Cl)cc2c(c1O)C(=O)C1=C(O)C3(O)C(=O)C(C(N)=O)=C(O)[C@@H](N(C)C)C3CC1C2. The molecule has 3 aliphatic rings. The lowest BCUT2D eigenvalue weighted by Gasteiger charge is -2.50. The monoisotopic (exact) mass is 623 g/mol. The lowest BCUT2D eigenvalue weighted by molar-refractivity contribution is -0.148. The van der Waals surface area contributed by atoms with E-state index in [9.17, 15) is 39.6 Å². The first-order chi connectivity index (χ1) is 18.2. The van der Waals surface area contributed by atoms with Crippen LogP contribution >= 0.6 is 27.5 Å². The van der Waals surface area contributed by atoms with Gasteiger partial charge in [-0.2, -0.15) is 0 Å². The number of ketones is 2. The number of phenols is 1. The number of amides is 2. The maximum Gasteiger partial charge on any atom is 0.255 e. The zero-order valence-electron chi connectivity index (χ0n) is 21.0. The number of anilines is 1. The summed E-state index contributed by atoms with van der Waals surface area (Å²) in [4.78, 5) is 52.4. The van der Waals surface area contributed by atoms with Crippen LogP contribution in [0, 0.1) is 11.8 Å². The van der Waals surface area contributed by atoms with Crippen molar-refractivity contribution >= 4 is 56.6 Å². The summed E-state index contributed by atoms with van der Waals surface area (Å²) in [6.45, 7) is 3.56. The Morgan fingerprint density at radius 2 is 1.97 bits per heavy atom. The van der Waals surface area contributed by atoms with E-state index in [1.54, 1.807) is 14.1 Å². The van der Waals surface area contributed by atoms with Gasteiger partial charge in [0.05, 0.1) is 21.5 Å². The number of carbonyl (C=O) groups is 4. The number of halogens is 2. The molecule has 5 atom stereocenters. The van der Waals surface area contributed by atoms with Crippen molar-refractivity contribution in [1.29, 1.82) is 0 Å². The lowest BCUT2D eigenvalue weighted by Crippen LogP contribution is -2.63. The Balaban J connectivity index is 1.87. The number of likely N-dealkylation sites (N-methyl/N-ethyl adjacent to an activating group) is 1. The molecule has 1 aromatic rings. The standard InChI is InChI=1S/C26H27BrClN3O8/c1-4-5-12(27)25(38)30-17-13(28)8-10-6-9-7-11-18(31(2)3)21(34)16(24(29)37)23(36)26(11,39)22(35)15(9)19(32)14(10)20(17)33/h4,8-9,11-12,18,33-35,39H,1,5-7H2,2-3H3,(H2,29,37)(H,30,38)/t9?,11?,12?,18-,26?/m0/s1. The molecule has 0 heterocycles. The molecule has 11 nitrogen and oxygen atoms in total.